The van der Waals surface area contributed by atoms with E-state index in [0.717, 1.165) is 22.8 Å². The van der Waals surface area contributed by atoms with Crippen LogP contribution in [0.5, 0.6) is 5.75 Å². The lowest BCUT2D eigenvalue weighted by molar-refractivity contribution is 0.0998. The Kier molecular flexibility index (Phi) is 6.15. The highest BCUT2D eigenvalue weighted by Crippen LogP contribution is 2.45. The van der Waals surface area contributed by atoms with Crippen LogP contribution in [0.2, 0.25) is 0 Å². The number of benzene rings is 1. The van der Waals surface area contributed by atoms with Crippen LogP contribution >= 0.6 is 11.3 Å². The average molecular weight is 475 g/mol. The number of ether oxygens (including phenoxy) is 1. The van der Waals surface area contributed by atoms with E-state index < -0.39 is 5.91 Å². The van der Waals surface area contributed by atoms with Crippen molar-refractivity contribution < 1.29 is 9.53 Å². The highest BCUT2D eigenvalue weighted by molar-refractivity contribution is 7.17. The Morgan fingerprint density at radius 2 is 2.06 bits per heavy atom. The number of hydrogen-bond donors (Lipinski definition) is 2. The SMILES string of the molecule is CC(C)NCc1ccc(C(C)Oc2cc(-c3cnc4ccccn34)sc2C(N)=O)c(C2CC2)c1. The van der Waals surface area contributed by atoms with Gasteiger partial charge >= 0.3 is 0 Å². The van der Waals surface area contributed by atoms with Gasteiger partial charge in [-0.25, -0.2) is 4.98 Å². The second-order valence-electron chi connectivity index (χ2n) is 9.27. The van der Waals surface area contributed by atoms with Crippen molar-refractivity contribution in [1.82, 2.24) is 14.7 Å². The van der Waals surface area contributed by atoms with E-state index in [1.54, 1.807) is 0 Å². The van der Waals surface area contributed by atoms with Crippen molar-refractivity contribution in [2.75, 3.05) is 0 Å². The van der Waals surface area contributed by atoms with Gasteiger partial charge in [0.1, 0.15) is 22.4 Å². The molecule has 34 heavy (non-hydrogen) atoms. The lowest BCUT2D eigenvalue weighted by Gasteiger charge is -2.20. The van der Waals surface area contributed by atoms with Gasteiger partial charge in [-0.2, -0.15) is 0 Å². The third kappa shape index (κ3) is 4.58. The number of carbonyl (C=O) groups excluding carboxylic acids is 1. The van der Waals surface area contributed by atoms with Gasteiger partial charge in [-0.05, 0) is 54.5 Å². The van der Waals surface area contributed by atoms with Crippen molar-refractivity contribution in [3.05, 3.63) is 76.4 Å². The number of nitrogens with zero attached hydrogens (tertiary/aromatic N) is 2. The topological polar surface area (TPSA) is 81.7 Å². The molecule has 1 saturated carbocycles. The first-order valence-electron chi connectivity index (χ1n) is 11.8. The maximum absolute atomic E-state index is 12.3. The first-order chi connectivity index (χ1) is 16.4. The van der Waals surface area contributed by atoms with E-state index in [-0.39, 0.29) is 6.10 Å². The molecule has 1 aliphatic rings. The molecule has 1 aliphatic carbocycles. The molecule has 1 fully saturated rings. The van der Waals surface area contributed by atoms with Gasteiger partial charge < -0.3 is 15.8 Å². The Morgan fingerprint density at radius 3 is 2.79 bits per heavy atom. The number of carbonyl (C=O) groups is 1. The Morgan fingerprint density at radius 1 is 1.24 bits per heavy atom. The number of rotatable bonds is 9. The number of pyridine rings is 1. The van der Waals surface area contributed by atoms with Crippen molar-refractivity contribution in [1.29, 1.82) is 0 Å². The molecule has 1 aromatic carbocycles. The van der Waals surface area contributed by atoms with Gasteiger partial charge in [0.05, 0.1) is 16.8 Å². The molecule has 7 heteroatoms. The highest BCUT2D eigenvalue weighted by Gasteiger charge is 2.29. The molecule has 6 nitrogen and oxygen atoms in total. The lowest BCUT2D eigenvalue weighted by atomic mass is 9.96. The van der Waals surface area contributed by atoms with Crippen molar-refractivity contribution in [3.8, 4) is 16.3 Å². The summed E-state index contributed by atoms with van der Waals surface area (Å²) in [5.74, 6) is 0.634. The van der Waals surface area contributed by atoms with Gasteiger partial charge in [-0.15, -0.1) is 11.3 Å². The fourth-order valence-electron chi connectivity index (χ4n) is 4.30. The predicted molar refractivity (Wildman–Crippen MR) is 136 cm³/mol. The summed E-state index contributed by atoms with van der Waals surface area (Å²) in [6, 6.07) is 14.9. The molecule has 1 unspecified atom stereocenters. The molecule has 0 bridgehead atoms. The zero-order valence-corrected chi connectivity index (χ0v) is 20.6. The molecule has 4 aromatic rings. The molecule has 3 aromatic heterocycles. The van der Waals surface area contributed by atoms with E-state index in [4.69, 9.17) is 10.5 Å². The summed E-state index contributed by atoms with van der Waals surface area (Å²) in [6.07, 6.45) is 6.00. The molecular weight excluding hydrogens is 444 g/mol. The van der Waals surface area contributed by atoms with Gasteiger partial charge in [-0.3, -0.25) is 9.20 Å². The van der Waals surface area contributed by atoms with E-state index in [0.29, 0.717) is 22.6 Å². The van der Waals surface area contributed by atoms with Crippen LogP contribution in [0.15, 0.2) is 54.9 Å². The molecule has 3 N–H and O–H groups in total. The van der Waals surface area contributed by atoms with Crippen molar-refractivity contribution >= 4 is 22.9 Å². The van der Waals surface area contributed by atoms with Gasteiger partial charge in [0.15, 0.2) is 0 Å². The van der Waals surface area contributed by atoms with E-state index in [1.807, 2.05) is 48.0 Å². The number of thiophene rings is 1. The number of fused-ring (bicyclic) bond motifs is 1. The van der Waals surface area contributed by atoms with Crippen LogP contribution in [0.25, 0.3) is 16.2 Å². The maximum atomic E-state index is 12.3. The highest BCUT2D eigenvalue weighted by atomic mass is 32.1. The van der Waals surface area contributed by atoms with Crippen LogP contribution in [0.4, 0.5) is 0 Å². The Hall–Kier alpha value is -3.16. The van der Waals surface area contributed by atoms with Crippen molar-refractivity contribution in [2.24, 2.45) is 5.73 Å². The number of imidazole rings is 1. The molecule has 0 radical (unpaired) electrons. The number of nitrogens with one attached hydrogen (secondary N) is 1. The summed E-state index contributed by atoms with van der Waals surface area (Å²) in [4.78, 5) is 18.1. The van der Waals surface area contributed by atoms with Crippen LogP contribution in [-0.2, 0) is 6.54 Å². The van der Waals surface area contributed by atoms with Crippen LogP contribution in [0.1, 0.15) is 72.0 Å². The predicted octanol–water partition coefficient (Wildman–Crippen LogP) is 5.68. The fraction of sp³-hybridized carbons (Fsp3) is 0.333. The van der Waals surface area contributed by atoms with Crippen LogP contribution in [-0.4, -0.2) is 21.3 Å². The van der Waals surface area contributed by atoms with Crippen LogP contribution in [0.3, 0.4) is 0 Å². The Balaban J connectivity index is 1.44. The summed E-state index contributed by atoms with van der Waals surface area (Å²) in [6.45, 7) is 7.21. The fourth-order valence-corrected chi connectivity index (χ4v) is 5.25. The Labute approximate surface area is 203 Å². The van der Waals surface area contributed by atoms with E-state index in [9.17, 15) is 4.79 Å². The zero-order chi connectivity index (χ0) is 23.8. The summed E-state index contributed by atoms with van der Waals surface area (Å²) in [5.41, 5.74) is 11.3. The minimum atomic E-state index is -0.482. The minimum absolute atomic E-state index is 0.203. The minimum Gasteiger partial charge on any atom is -0.484 e. The second kappa shape index (κ2) is 9.24. The number of primary amides is 1. The lowest BCUT2D eigenvalue weighted by Crippen LogP contribution is -2.22. The standard InChI is InChI=1S/C27H30N4O2S/c1-16(2)29-14-18-7-10-20(21(12-18)19-8-9-19)17(3)33-23-13-24(34-26(23)27(28)32)22-15-30-25-6-4-5-11-31(22)25/h4-7,10-13,15-17,19,29H,8-9,14H2,1-3H3,(H2,28,32). The van der Waals surface area contributed by atoms with Crippen LogP contribution in [0, 0.1) is 0 Å². The molecule has 0 spiro atoms. The maximum Gasteiger partial charge on any atom is 0.262 e. The molecule has 5 rings (SSSR count). The third-order valence-corrected chi connectivity index (χ3v) is 7.37. The normalized spacial score (nSPS) is 14.6. The Bertz CT molecular complexity index is 1340. The molecule has 0 aliphatic heterocycles. The molecule has 1 atom stereocenters. The average Bonchev–Trinajstić information content (AvgIpc) is 3.45. The monoisotopic (exact) mass is 474 g/mol. The zero-order valence-electron chi connectivity index (χ0n) is 19.7. The van der Waals surface area contributed by atoms with E-state index >= 15 is 0 Å². The quantitative estimate of drug-likeness (QED) is 0.327. The molecule has 1 amide bonds. The van der Waals surface area contributed by atoms with E-state index in [1.165, 1.54) is 40.9 Å². The first kappa shape index (κ1) is 22.6. The van der Waals surface area contributed by atoms with Gasteiger partial charge in [-0.1, -0.05) is 38.1 Å². The molecular formula is C27H30N4O2S. The summed E-state index contributed by atoms with van der Waals surface area (Å²) >= 11 is 1.34. The number of hydrogen-bond acceptors (Lipinski definition) is 5. The largest absolute Gasteiger partial charge is 0.484 e. The second-order valence-corrected chi connectivity index (χ2v) is 10.3. The van der Waals surface area contributed by atoms with Gasteiger partial charge in [0, 0.05) is 24.8 Å². The number of nitrogens with two attached hydrogens (primary N) is 1. The first-order valence-corrected chi connectivity index (χ1v) is 12.6. The molecule has 3 heterocycles. The third-order valence-electron chi connectivity index (χ3n) is 6.22. The summed E-state index contributed by atoms with van der Waals surface area (Å²) in [5, 5.41) is 3.50. The number of amides is 1. The molecule has 176 valence electrons. The van der Waals surface area contributed by atoms with Gasteiger partial charge in [0.25, 0.3) is 5.91 Å². The van der Waals surface area contributed by atoms with E-state index in [2.05, 4.69) is 42.3 Å². The van der Waals surface area contributed by atoms with Crippen LogP contribution < -0.4 is 15.8 Å². The smallest absolute Gasteiger partial charge is 0.262 e. The number of aromatic nitrogens is 2. The van der Waals surface area contributed by atoms with Crippen molar-refractivity contribution in [2.45, 2.75) is 58.2 Å². The summed E-state index contributed by atoms with van der Waals surface area (Å²) < 4.78 is 8.40. The van der Waals surface area contributed by atoms with Crippen molar-refractivity contribution in [3.63, 3.8) is 0 Å². The van der Waals surface area contributed by atoms with Gasteiger partial charge in [0.2, 0.25) is 0 Å². The molecule has 0 saturated heterocycles. The summed E-state index contributed by atoms with van der Waals surface area (Å²) in [7, 11) is 0.